The van der Waals surface area contributed by atoms with Gasteiger partial charge < -0.3 is 4.43 Å². The first-order valence-electron chi connectivity index (χ1n) is 4.95. The van der Waals surface area contributed by atoms with E-state index >= 15 is 0 Å². The van der Waals surface area contributed by atoms with Crippen molar-refractivity contribution < 1.29 is 4.43 Å². The first-order chi connectivity index (χ1) is 6.31. The second kappa shape index (κ2) is 3.86. The molecule has 4 heteroatoms. The Morgan fingerprint density at radius 1 is 1.29 bits per heavy atom. The molecule has 1 aromatic rings. The van der Waals surface area contributed by atoms with Crippen molar-refractivity contribution in [3.8, 4) is 0 Å². The zero-order valence-corrected chi connectivity index (χ0v) is 11.1. The van der Waals surface area contributed by atoms with Gasteiger partial charge in [-0.1, -0.05) is 20.8 Å². The molecule has 0 atom stereocenters. The minimum Gasteiger partial charge on any atom is -0.413 e. The Morgan fingerprint density at radius 2 is 1.93 bits per heavy atom. The van der Waals surface area contributed by atoms with E-state index in [0.29, 0.717) is 5.04 Å². The van der Waals surface area contributed by atoms with Crippen LogP contribution in [0, 0.1) is 0 Å². The Bertz CT molecular complexity index is 275. The predicted molar refractivity (Wildman–Crippen MR) is 61.0 cm³/mol. The molecule has 1 aromatic heterocycles. The molecule has 14 heavy (non-hydrogen) atoms. The number of hydrogen-bond acceptors (Lipinski definition) is 2. The van der Waals surface area contributed by atoms with Crippen LogP contribution in [0.3, 0.4) is 0 Å². The Morgan fingerprint density at radius 3 is 2.36 bits per heavy atom. The quantitative estimate of drug-likeness (QED) is 0.778. The molecule has 0 saturated carbocycles. The number of rotatable bonds is 3. The number of hydrogen-bond donors (Lipinski definition) is 1. The first kappa shape index (κ1) is 11.5. The van der Waals surface area contributed by atoms with E-state index in [2.05, 4.69) is 44.8 Å². The maximum Gasteiger partial charge on any atom is 0.168 e. The summed E-state index contributed by atoms with van der Waals surface area (Å²) < 4.78 is 5.99. The van der Waals surface area contributed by atoms with E-state index in [1.807, 2.05) is 12.3 Å². The lowest BCUT2D eigenvalue weighted by molar-refractivity contribution is 0.104. The van der Waals surface area contributed by atoms with Gasteiger partial charge in [-0.2, -0.15) is 5.10 Å². The highest BCUT2D eigenvalue weighted by Crippen LogP contribution is 2.27. The molecular formula is C10H20N2OSi. The van der Waals surface area contributed by atoms with Crippen molar-refractivity contribution >= 4 is 9.76 Å². The molecule has 0 radical (unpaired) electrons. The molecule has 0 amide bonds. The van der Waals surface area contributed by atoms with Gasteiger partial charge in [0.2, 0.25) is 0 Å². The number of nitrogens with zero attached hydrogens (tertiary/aromatic N) is 1. The van der Waals surface area contributed by atoms with Crippen LogP contribution < -0.4 is 0 Å². The van der Waals surface area contributed by atoms with Crippen LogP contribution in [0.2, 0.25) is 5.04 Å². The SMILES string of the molecule is CC(C)(C)[SiH2]OC(C)(C)c1cc[nH]n1. The Labute approximate surface area is 88.2 Å². The molecular weight excluding hydrogens is 192 g/mol. The standard InChI is InChI=1S/C10H20N2OSi/c1-9(2,3)14-13-10(4,5)8-6-7-11-12-8/h6-7H,14H2,1-5H3,(H,11,12). The van der Waals surface area contributed by atoms with Gasteiger partial charge in [-0.15, -0.1) is 0 Å². The third kappa shape index (κ3) is 3.27. The van der Waals surface area contributed by atoms with Crippen LogP contribution in [-0.4, -0.2) is 20.0 Å². The van der Waals surface area contributed by atoms with E-state index in [1.54, 1.807) is 0 Å². The summed E-state index contributed by atoms with van der Waals surface area (Å²) >= 11 is 0. The summed E-state index contributed by atoms with van der Waals surface area (Å²) in [4.78, 5) is 0. The lowest BCUT2D eigenvalue weighted by Crippen LogP contribution is -2.28. The van der Waals surface area contributed by atoms with Crippen molar-refractivity contribution in [3.63, 3.8) is 0 Å². The lowest BCUT2D eigenvalue weighted by atomic mass is 10.1. The Balaban J connectivity index is 2.59. The Hall–Kier alpha value is -0.613. The van der Waals surface area contributed by atoms with Crippen molar-refractivity contribution in [2.75, 3.05) is 0 Å². The normalized spacial score (nSPS) is 14.1. The van der Waals surface area contributed by atoms with Crippen LogP contribution in [0.5, 0.6) is 0 Å². The highest BCUT2D eigenvalue weighted by molar-refractivity contribution is 6.31. The maximum absolute atomic E-state index is 5.99. The molecule has 1 N–H and O–H groups in total. The lowest BCUT2D eigenvalue weighted by Gasteiger charge is -2.28. The molecule has 3 nitrogen and oxygen atoms in total. The van der Waals surface area contributed by atoms with E-state index in [1.165, 1.54) is 0 Å². The zero-order valence-electron chi connectivity index (χ0n) is 9.72. The highest BCUT2D eigenvalue weighted by Gasteiger charge is 2.25. The van der Waals surface area contributed by atoms with Crippen LogP contribution in [0.25, 0.3) is 0 Å². The second-order valence-corrected chi connectivity index (χ2v) is 8.02. The van der Waals surface area contributed by atoms with Crippen molar-refractivity contribution in [1.29, 1.82) is 0 Å². The predicted octanol–water partition coefficient (Wildman–Crippen LogP) is 1.96. The van der Waals surface area contributed by atoms with Crippen LogP contribution in [0.15, 0.2) is 12.3 Å². The van der Waals surface area contributed by atoms with Gasteiger partial charge in [0.05, 0.1) is 11.3 Å². The van der Waals surface area contributed by atoms with Crippen LogP contribution in [-0.2, 0) is 10.0 Å². The third-order valence-electron chi connectivity index (χ3n) is 1.98. The van der Waals surface area contributed by atoms with E-state index in [-0.39, 0.29) is 5.60 Å². The van der Waals surface area contributed by atoms with E-state index in [4.69, 9.17) is 4.43 Å². The van der Waals surface area contributed by atoms with Crippen molar-refractivity contribution in [1.82, 2.24) is 10.2 Å². The number of nitrogens with one attached hydrogen (secondary N) is 1. The van der Waals surface area contributed by atoms with E-state index in [9.17, 15) is 0 Å². The summed E-state index contributed by atoms with van der Waals surface area (Å²) in [5, 5.41) is 7.31. The maximum atomic E-state index is 5.99. The molecule has 0 aromatic carbocycles. The molecule has 1 heterocycles. The smallest absolute Gasteiger partial charge is 0.168 e. The largest absolute Gasteiger partial charge is 0.413 e. The van der Waals surface area contributed by atoms with Gasteiger partial charge in [0.1, 0.15) is 0 Å². The summed E-state index contributed by atoms with van der Waals surface area (Å²) in [7, 11) is -0.531. The third-order valence-corrected chi connectivity index (χ3v) is 3.72. The van der Waals surface area contributed by atoms with Gasteiger partial charge in [-0.05, 0) is 25.0 Å². The fraction of sp³-hybridized carbons (Fsp3) is 0.700. The zero-order chi connectivity index (χ0) is 10.8. The molecule has 0 aliphatic carbocycles. The van der Waals surface area contributed by atoms with Crippen LogP contribution in [0.4, 0.5) is 0 Å². The molecule has 0 spiro atoms. The average molecular weight is 212 g/mol. The molecule has 0 saturated heterocycles. The summed E-state index contributed by atoms with van der Waals surface area (Å²) in [6, 6.07) is 1.97. The van der Waals surface area contributed by atoms with Gasteiger partial charge >= 0.3 is 0 Å². The van der Waals surface area contributed by atoms with E-state index < -0.39 is 9.76 Å². The minimum absolute atomic E-state index is 0.250. The second-order valence-electron chi connectivity index (χ2n) is 5.32. The van der Waals surface area contributed by atoms with Gasteiger partial charge in [0.25, 0.3) is 0 Å². The van der Waals surface area contributed by atoms with Crippen molar-refractivity contribution in [2.24, 2.45) is 0 Å². The Kier molecular flexibility index (Phi) is 3.16. The molecule has 0 bridgehead atoms. The van der Waals surface area contributed by atoms with Gasteiger partial charge in [-0.25, -0.2) is 0 Å². The molecule has 1 rings (SSSR count). The van der Waals surface area contributed by atoms with Crippen molar-refractivity contribution in [2.45, 2.75) is 45.3 Å². The molecule has 0 fully saturated rings. The van der Waals surface area contributed by atoms with Crippen LogP contribution >= 0.6 is 0 Å². The number of aromatic amines is 1. The molecule has 0 aliphatic rings. The van der Waals surface area contributed by atoms with Gasteiger partial charge in [0, 0.05) is 6.20 Å². The molecule has 0 unspecified atom stereocenters. The molecule has 80 valence electrons. The number of aromatic nitrogens is 2. The summed E-state index contributed by atoms with van der Waals surface area (Å²) in [6.07, 6.45) is 1.83. The summed E-state index contributed by atoms with van der Waals surface area (Å²) in [5.41, 5.74) is 0.730. The van der Waals surface area contributed by atoms with Crippen LogP contribution in [0.1, 0.15) is 40.3 Å². The summed E-state index contributed by atoms with van der Waals surface area (Å²) in [5.74, 6) is 0. The minimum atomic E-state index is -0.531. The topological polar surface area (TPSA) is 37.9 Å². The van der Waals surface area contributed by atoms with Gasteiger partial charge in [0.15, 0.2) is 9.76 Å². The highest BCUT2D eigenvalue weighted by atomic mass is 28.2. The van der Waals surface area contributed by atoms with E-state index in [0.717, 1.165) is 5.69 Å². The first-order valence-corrected chi connectivity index (χ1v) is 6.24. The fourth-order valence-electron chi connectivity index (χ4n) is 1.07. The number of H-pyrrole nitrogens is 1. The van der Waals surface area contributed by atoms with Crippen molar-refractivity contribution in [3.05, 3.63) is 18.0 Å². The summed E-state index contributed by atoms with van der Waals surface area (Å²) in [6.45, 7) is 10.8. The average Bonchev–Trinajstić information content (AvgIpc) is 2.52. The molecule has 0 aliphatic heterocycles. The fourth-order valence-corrected chi connectivity index (χ4v) is 2.01. The van der Waals surface area contributed by atoms with Gasteiger partial charge in [-0.3, -0.25) is 5.10 Å². The monoisotopic (exact) mass is 212 g/mol.